The van der Waals surface area contributed by atoms with E-state index in [1.807, 2.05) is 0 Å². The van der Waals surface area contributed by atoms with Crippen LogP contribution in [-0.2, 0) is 14.3 Å². The SMILES string of the molecule is Cc1cn([C@H]2C[C@H](OC(=O)[C@H](C)N)[C@@H](CO)O2)c(=O)[nH]c1=O. The van der Waals surface area contributed by atoms with E-state index in [2.05, 4.69) is 4.98 Å². The maximum absolute atomic E-state index is 11.8. The number of aryl methyl sites for hydroxylation is 1. The summed E-state index contributed by atoms with van der Waals surface area (Å²) in [6.45, 7) is 2.67. The molecule has 0 aromatic carbocycles. The van der Waals surface area contributed by atoms with Crippen LogP contribution in [0.3, 0.4) is 0 Å². The Labute approximate surface area is 125 Å². The van der Waals surface area contributed by atoms with E-state index < -0.39 is 41.7 Å². The molecule has 0 bridgehead atoms. The summed E-state index contributed by atoms with van der Waals surface area (Å²) in [6.07, 6.45) is -0.670. The van der Waals surface area contributed by atoms with Gasteiger partial charge in [0.15, 0.2) is 0 Å². The van der Waals surface area contributed by atoms with Gasteiger partial charge in [-0.05, 0) is 13.8 Å². The fourth-order valence-electron chi connectivity index (χ4n) is 2.22. The number of hydrogen-bond acceptors (Lipinski definition) is 7. The van der Waals surface area contributed by atoms with Crippen molar-refractivity contribution in [1.82, 2.24) is 9.55 Å². The van der Waals surface area contributed by atoms with E-state index in [1.54, 1.807) is 6.92 Å². The number of nitrogens with one attached hydrogen (secondary N) is 1. The number of esters is 1. The zero-order valence-electron chi connectivity index (χ0n) is 12.3. The Morgan fingerprint density at radius 2 is 2.32 bits per heavy atom. The molecule has 4 atom stereocenters. The van der Waals surface area contributed by atoms with Crippen molar-refractivity contribution in [1.29, 1.82) is 0 Å². The summed E-state index contributed by atoms with van der Waals surface area (Å²) in [5.74, 6) is -0.613. The normalized spacial score (nSPS) is 25.9. The lowest BCUT2D eigenvalue weighted by Crippen LogP contribution is -2.36. The molecule has 122 valence electrons. The number of aromatic amines is 1. The highest BCUT2D eigenvalue weighted by molar-refractivity contribution is 5.75. The van der Waals surface area contributed by atoms with Crippen LogP contribution in [0.5, 0.6) is 0 Å². The lowest BCUT2D eigenvalue weighted by Gasteiger charge is -2.17. The molecular formula is C13H19N3O6. The van der Waals surface area contributed by atoms with Crippen LogP contribution in [-0.4, -0.2) is 45.5 Å². The summed E-state index contributed by atoms with van der Waals surface area (Å²) < 4.78 is 11.9. The number of hydrogen-bond donors (Lipinski definition) is 3. The maximum atomic E-state index is 11.8. The third-order valence-electron chi connectivity index (χ3n) is 3.46. The molecular weight excluding hydrogens is 294 g/mol. The van der Waals surface area contributed by atoms with Crippen LogP contribution in [0, 0.1) is 6.92 Å². The van der Waals surface area contributed by atoms with Crippen molar-refractivity contribution < 1.29 is 19.4 Å². The molecule has 1 fully saturated rings. The van der Waals surface area contributed by atoms with Gasteiger partial charge in [0.05, 0.1) is 6.61 Å². The second kappa shape index (κ2) is 6.42. The Hall–Kier alpha value is -1.97. The molecule has 1 aliphatic rings. The molecule has 0 unspecified atom stereocenters. The molecule has 0 spiro atoms. The quantitative estimate of drug-likeness (QED) is 0.568. The van der Waals surface area contributed by atoms with E-state index in [0.29, 0.717) is 5.56 Å². The number of ether oxygens (including phenoxy) is 2. The fourth-order valence-corrected chi connectivity index (χ4v) is 2.22. The van der Waals surface area contributed by atoms with Crippen LogP contribution in [0.2, 0.25) is 0 Å². The van der Waals surface area contributed by atoms with Gasteiger partial charge in [-0.2, -0.15) is 0 Å². The van der Waals surface area contributed by atoms with E-state index in [9.17, 15) is 19.5 Å². The molecule has 0 saturated carbocycles. The Morgan fingerprint density at radius 3 is 2.91 bits per heavy atom. The molecule has 0 aliphatic carbocycles. The van der Waals surface area contributed by atoms with Gasteiger partial charge in [0.1, 0.15) is 24.5 Å². The number of aliphatic hydroxyl groups excluding tert-OH is 1. The Kier molecular flexibility index (Phi) is 4.79. The van der Waals surface area contributed by atoms with Gasteiger partial charge >= 0.3 is 11.7 Å². The van der Waals surface area contributed by atoms with E-state index in [-0.39, 0.29) is 13.0 Å². The van der Waals surface area contributed by atoms with Gasteiger partial charge in [-0.15, -0.1) is 0 Å². The molecule has 1 aromatic heterocycles. The molecule has 1 aromatic rings. The number of carbonyl (C=O) groups excluding carboxylic acids is 1. The number of nitrogens with two attached hydrogens (primary N) is 1. The van der Waals surface area contributed by atoms with Gasteiger partial charge in [-0.1, -0.05) is 0 Å². The lowest BCUT2D eigenvalue weighted by molar-refractivity contribution is -0.154. The first kappa shape index (κ1) is 16.4. The van der Waals surface area contributed by atoms with Crippen LogP contribution < -0.4 is 17.0 Å². The molecule has 2 heterocycles. The lowest BCUT2D eigenvalue weighted by atomic mass is 10.2. The topological polar surface area (TPSA) is 137 Å². The Morgan fingerprint density at radius 1 is 1.64 bits per heavy atom. The summed E-state index contributed by atoms with van der Waals surface area (Å²) in [7, 11) is 0. The molecule has 9 nitrogen and oxygen atoms in total. The van der Waals surface area contributed by atoms with E-state index in [4.69, 9.17) is 15.2 Å². The number of nitrogens with zero attached hydrogens (tertiary/aromatic N) is 1. The summed E-state index contributed by atoms with van der Waals surface area (Å²) >= 11 is 0. The third-order valence-corrected chi connectivity index (χ3v) is 3.46. The average molecular weight is 313 g/mol. The predicted octanol–water partition coefficient (Wildman–Crippen LogP) is -1.62. The number of aliphatic hydroxyl groups is 1. The number of H-pyrrole nitrogens is 1. The van der Waals surface area contributed by atoms with Gasteiger partial charge < -0.3 is 20.3 Å². The fraction of sp³-hybridized carbons (Fsp3) is 0.615. The smallest absolute Gasteiger partial charge is 0.330 e. The van der Waals surface area contributed by atoms with Crippen molar-refractivity contribution in [3.8, 4) is 0 Å². The van der Waals surface area contributed by atoms with Gasteiger partial charge in [0.25, 0.3) is 5.56 Å². The van der Waals surface area contributed by atoms with Crippen LogP contribution in [0.1, 0.15) is 25.1 Å². The van der Waals surface area contributed by atoms with Gasteiger partial charge in [-0.3, -0.25) is 19.1 Å². The van der Waals surface area contributed by atoms with Crippen molar-refractivity contribution in [3.63, 3.8) is 0 Å². The van der Waals surface area contributed by atoms with Crippen LogP contribution in [0.4, 0.5) is 0 Å². The molecule has 1 saturated heterocycles. The van der Waals surface area contributed by atoms with E-state index in [1.165, 1.54) is 17.7 Å². The summed E-state index contributed by atoms with van der Waals surface area (Å²) in [5, 5.41) is 9.33. The van der Waals surface area contributed by atoms with Gasteiger partial charge in [0.2, 0.25) is 0 Å². The molecule has 4 N–H and O–H groups in total. The number of carbonyl (C=O) groups is 1. The Bertz CT molecular complexity index is 664. The van der Waals surface area contributed by atoms with Gasteiger partial charge in [0, 0.05) is 18.2 Å². The standard InChI is InChI=1S/C13H19N3O6/c1-6-4-16(13(20)15-11(6)18)10-3-8(9(5-17)21-10)22-12(19)7(2)14/h4,7-10,17H,3,5,14H2,1-2H3,(H,15,18,20)/t7-,8-,9+,10+/m0/s1. The summed E-state index contributed by atoms with van der Waals surface area (Å²) in [4.78, 5) is 37.0. The zero-order chi connectivity index (χ0) is 16.4. The average Bonchev–Trinajstić information content (AvgIpc) is 2.85. The summed E-state index contributed by atoms with van der Waals surface area (Å²) in [5.41, 5.74) is 4.68. The predicted molar refractivity (Wildman–Crippen MR) is 75.2 cm³/mol. The van der Waals surface area contributed by atoms with E-state index >= 15 is 0 Å². The van der Waals surface area contributed by atoms with Crippen molar-refractivity contribution in [2.45, 2.75) is 44.7 Å². The van der Waals surface area contributed by atoms with Crippen molar-refractivity contribution in [2.24, 2.45) is 5.73 Å². The highest BCUT2D eigenvalue weighted by Crippen LogP contribution is 2.29. The second-order valence-corrected chi connectivity index (χ2v) is 5.29. The minimum absolute atomic E-state index is 0.176. The third kappa shape index (κ3) is 3.26. The molecule has 2 rings (SSSR count). The minimum atomic E-state index is -0.795. The summed E-state index contributed by atoms with van der Waals surface area (Å²) in [6, 6.07) is -0.795. The van der Waals surface area contributed by atoms with Gasteiger partial charge in [-0.25, -0.2) is 4.79 Å². The largest absolute Gasteiger partial charge is 0.458 e. The van der Waals surface area contributed by atoms with E-state index in [0.717, 1.165) is 0 Å². The van der Waals surface area contributed by atoms with Crippen LogP contribution in [0.25, 0.3) is 0 Å². The highest BCUT2D eigenvalue weighted by atomic mass is 16.6. The molecule has 22 heavy (non-hydrogen) atoms. The van der Waals surface area contributed by atoms with Crippen molar-refractivity contribution in [3.05, 3.63) is 32.6 Å². The first-order valence-electron chi connectivity index (χ1n) is 6.88. The van der Waals surface area contributed by atoms with Crippen molar-refractivity contribution >= 4 is 5.97 Å². The first-order chi connectivity index (χ1) is 10.3. The Balaban J connectivity index is 2.22. The highest BCUT2D eigenvalue weighted by Gasteiger charge is 2.39. The minimum Gasteiger partial charge on any atom is -0.458 e. The number of rotatable bonds is 4. The molecule has 9 heteroatoms. The molecule has 0 amide bonds. The second-order valence-electron chi connectivity index (χ2n) is 5.29. The zero-order valence-corrected chi connectivity index (χ0v) is 12.3. The first-order valence-corrected chi connectivity index (χ1v) is 6.88. The van der Waals surface area contributed by atoms with Crippen molar-refractivity contribution in [2.75, 3.05) is 6.61 Å². The molecule has 0 radical (unpaired) electrons. The number of aromatic nitrogens is 2. The van der Waals surface area contributed by atoms with Crippen LogP contribution in [0.15, 0.2) is 15.8 Å². The monoisotopic (exact) mass is 313 g/mol. The van der Waals surface area contributed by atoms with Crippen LogP contribution >= 0.6 is 0 Å². The maximum Gasteiger partial charge on any atom is 0.330 e. The molecule has 1 aliphatic heterocycles.